The second-order valence-electron chi connectivity index (χ2n) is 8.36. The molecule has 156 valence electrons. The number of carbonyl (C=O) groups is 1. The van der Waals surface area contributed by atoms with Gasteiger partial charge in [0, 0.05) is 31.1 Å². The molecule has 3 aromatic carbocycles. The first kappa shape index (κ1) is 19.5. The summed E-state index contributed by atoms with van der Waals surface area (Å²) in [5, 5.41) is 0. The van der Waals surface area contributed by atoms with E-state index in [9.17, 15) is 9.18 Å². The molecule has 0 spiro atoms. The Balaban J connectivity index is 1.54. The van der Waals surface area contributed by atoms with Gasteiger partial charge in [-0.1, -0.05) is 35.9 Å². The van der Waals surface area contributed by atoms with Crippen LogP contribution in [0.5, 0.6) is 0 Å². The molecule has 4 aromatic rings. The van der Waals surface area contributed by atoms with Gasteiger partial charge in [0.1, 0.15) is 11.6 Å². The molecule has 0 N–H and O–H groups in total. The number of rotatable bonds is 4. The Bertz CT molecular complexity index is 1280. The summed E-state index contributed by atoms with van der Waals surface area (Å²) < 4.78 is 15.6. The summed E-state index contributed by atoms with van der Waals surface area (Å²) >= 11 is 0. The molecule has 0 unspecified atom stereocenters. The van der Waals surface area contributed by atoms with E-state index in [4.69, 9.17) is 4.98 Å². The van der Waals surface area contributed by atoms with Crippen molar-refractivity contribution in [2.24, 2.45) is 0 Å². The lowest BCUT2D eigenvalue weighted by Crippen LogP contribution is -2.24. The highest BCUT2D eigenvalue weighted by atomic mass is 19.1. The van der Waals surface area contributed by atoms with E-state index >= 15 is 0 Å². The van der Waals surface area contributed by atoms with Crippen molar-refractivity contribution in [3.8, 4) is 0 Å². The lowest BCUT2D eigenvalue weighted by molar-refractivity contribution is -0.117. The highest BCUT2D eigenvalue weighted by molar-refractivity contribution is 5.96. The third-order valence-electron chi connectivity index (χ3n) is 6.15. The number of para-hydroxylation sites is 2. The molecular formula is C26H24FN3O. The van der Waals surface area contributed by atoms with Gasteiger partial charge in [-0.3, -0.25) is 4.79 Å². The minimum atomic E-state index is -0.303. The van der Waals surface area contributed by atoms with E-state index in [0.717, 1.165) is 22.5 Å². The van der Waals surface area contributed by atoms with Crippen molar-refractivity contribution >= 4 is 22.6 Å². The molecule has 2 heterocycles. The maximum absolute atomic E-state index is 13.3. The Kier molecular flexibility index (Phi) is 4.81. The number of aromatic nitrogens is 2. The Morgan fingerprint density at radius 1 is 1.03 bits per heavy atom. The van der Waals surface area contributed by atoms with Crippen LogP contribution in [-0.2, 0) is 11.3 Å². The zero-order chi connectivity index (χ0) is 21.5. The van der Waals surface area contributed by atoms with Gasteiger partial charge in [-0.05, 0) is 61.4 Å². The van der Waals surface area contributed by atoms with E-state index in [1.165, 1.54) is 28.8 Å². The van der Waals surface area contributed by atoms with Crippen molar-refractivity contribution in [3.05, 3.63) is 95.1 Å². The Labute approximate surface area is 181 Å². The third-order valence-corrected chi connectivity index (χ3v) is 6.15. The molecule has 0 saturated carbocycles. The molecule has 4 nitrogen and oxygen atoms in total. The molecule has 1 aromatic heterocycles. The highest BCUT2D eigenvalue weighted by Gasteiger charge is 2.35. The van der Waals surface area contributed by atoms with Crippen LogP contribution in [0.3, 0.4) is 0 Å². The van der Waals surface area contributed by atoms with Crippen LogP contribution in [0.1, 0.15) is 34.9 Å². The SMILES string of the molecule is Cc1ccc(C)c(Cn2c([C@H]3CC(=O)N(c4ccc(F)cc4)C3)nc3ccccc32)c1. The van der Waals surface area contributed by atoms with Crippen molar-refractivity contribution in [2.45, 2.75) is 32.7 Å². The van der Waals surface area contributed by atoms with Gasteiger partial charge in [-0.25, -0.2) is 9.37 Å². The summed E-state index contributed by atoms with van der Waals surface area (Å²) in [4.78, 5) is 19.5. The smallest absolute Gasteiger partial charge is 0.227 e. The first-order valence-corrected chi connectivity index (χ1v) is 10.6. The minimum absolute atomic E-state index is 0.0185. The maximum atomic E-state index is 13.3. The van der Waals surface area contributed by atoms with E-state index < -0.39 is 0 Å². The zero-order valence-electron chi connectivity index (χ0n) is 17.7. The van der Waals surface area contributed by atoms with Gasteiger partial charge < -0.3 is 9.47 Å². The van der Waals surface area contributed by atoms with Crippen molar-refractivity contribution in [3.63, 3.8) is 0 Å². The second-order valence-corrected chi connectivity index (χ2v) is 8.36. The molecule has 5 rings (SSSR count). The fraction of sp³-hybridized carbons (Fsp3) is 0.231. The molecule has 5 heteroatoms. The Morgan fingerprint density at radius 3 is 2.61 bits per heavy atom. The first-order valence-electron chi connectivity index (χ1n) is 10.6. The first-order chi connectivity index (χ1) is 15.0. The van der Waals surface area contributed by atoms with Crippen molar-refractivity contribution < 1.29 is 9.18 Å². The van der Waals surface area contributed by atoms with E-state index in [1.807, 2.05) is 18.2 Å². The average Bonchev–Trinajstić information content (AvgIpc) is 3.32. The summed E-state index contributed by atoms with van der Waals surface area (Å²) in [6, 6.07) is 20.7. The molecule has 1 aliphatic heterocycles. The standard InChI is InChI=1S/C26H24FN3O/c1-17-7-8-18(2)19(13-17)15-30-24-6-4-3-5-23(24)28-26(30)20-14-25(31)29(16-20)22-11-9-21(27)10-12-22/h3-13,20H,14-16H2,1-2H3/t20-/m0/s1. The summed E-state index contributed by atoms with van der Waals surface area (Å²) in [6.45, 7) is 5.49. The average molecular weight is 413 g/mol. The summed E-state index contributed by atoms with van der Waals surface area (Å²) in [5.74, 6) is 0.652. The quantitative estimate of drug-likeness (QED) is 0.452. The third kappa shape index (κ3) is 3.61. The van der Waals surface area contributed by atoms with Gasteiger partial charge in [0.25, 0.3) is 0 Å². The predicted octanol–water partition coefficient (Wildman–Crippen LogP) is 5.36. The number of aryl methyl sites for hydroxylation is 2. The maximum Gasteiger partial charge on any atom is 0.227 e. The normalized spacial score (nSPS) is 16.4. The summed E-state index contributed by atoms with van der Waals surface area (Å²) in [5.41, 5.74) is 6.46. The van der Waals surface area contributed by atoms with Gasteiger partial charge in [0.05, 0.1) is 11.0 Å². The molecule has 0 bridgehead atoms. The number of anilines is 1. The number of hydrogen-bond donors (Lipinski definition) is 0. The Morgan fingerprint density at radius 2 is 1.81 bits per heavy atom. The van der Waals surface area contributed by atoms with Gasteiger partial charge >= 0.3 is 0 Å². The van der Waals surface area contributed by atoms with Crippen LogP contribution in [0.4, 0.5) is 10.1 Å². The van der Waals surface area contributed by atoms with E-state index in [0.29, 0.717) is 19.5 Å². The number of nitrogens with zero attached hydrogens (tertiary/aromatic N) is 3. The number of fused-ring (bicyclic) bond motifs is 1. The van der Waals surface area contributed by atoms with Gasteiger partial charge in [-0.15, -0.1) is 0 Å². The highest BCUT2D eigenvalue weighted by Crippen LogP contribution is 2.34. The number of benzene rings is 3. The number of hydrogen-bond acceptors (Lipinski definition) is 2. The van der Waals surface area contributed by atoms with Crippen LogP contribution in [0, 0.1) is 19.7 Å². The second kappa shape index (κ2) is 7.65. The molecule has 1 fully saturated rings. The monoisotopic (exact) mass is 413 g/mol. The van der Waals surface area contributed by atoms with E-state index in [-0.39, 0.29) is 17.6 Å². The number of carbonyl (C=O) groups excluding carboxylic acids is 1. The molecule has 0 aliphatic carbocycles. The van der Waals surface area contributed by atoms with E-state index in [2.05, 4.69) is 42.7 Å². The van der Waals surface area contributed by atoms with Gasteiger partial charge in [0.15, 0.2) is 0 Å². The largest absolute Gasteiger partial charge is 0.323 e. The number of imidazole rings is 1. The van der Waals surface area contributed by atoms with Crippen LogP contribution < -0.4 is 4.90 Å². The van der Waals surface area contributed by atoms with Crippen LogP contribution in [0.15, 0.2) is 66.7 Å². The molecule has 31 heavy (non-hydrogen) atoms. The zero-order valence-corrected chi connectivity index (χ0v) is 17.7. The summed E-state index contributed by atoms with van der Waals surface area (Å²) in [6.07, 6.45) is 0.396. The van der Waals surface area contributed by atoms with Gasteiger partial charge in [-0.2, -0.15) is 0 Å². The van der Waals surface area contributed by atoms with Crippen molar-refractivity contribution in [1.29, 1.82) is 0 Å². The van der Waals surface area contributed by atoms with Crippen molar-refractivity contribution in [1.82, 2.24) is 9.55 Å². The minimum Gasteiger partial charge on any atom is -0.323 e. The Hall–Kier alpha value is -3.47. The fourth-order valence-electron chi connectivity index (χ4n) is 4.46. The molecule has 1 aliphatic rings. The predicted molar refractivity (Wildman–Crippen MR) is 121 cm³/mol. The lowest BCUT2D eigenvalue weighted by Gasteiger charge is -2.18. The van der Waals surface area contributed by atoms with Crippen LogP contribution in [0.25, 0.3) is 11.0 Å². The molecule has 1 saturated heterocycles. The van der Waals surface area contributed by atoms with Crippen molar-refractivity contribution in [2.75, 3.05) is 11.4 Å². The van der Waals surface area contributed by atoms with Crippen LogP contribution in [0.2, 0.25) is 0 Å². The molecule has 0 radical (unpaired) electrons. The van der Waals surface area contributed by atoms with Gasteiger partial charge in [0.2, 0.25) is 5.91 Å². The molecule has 1 atom stereocenters. The van der Waals surface area contributed by atoms with E-state index in [1.54, 1.807) is 17.0 Å². The number of halogens is 1. The molecule has 1 amide bonds. The summed E-state index contributed by atoms with van der Waals surface area (Å²) in [7, 11) is 0. The molecular weight excluding hydrogens is 389 g/mol. The lowest BCUT2D eigenvalue weighted by atomic mass is 10.0. The fourth-order valence-corrected chi connectivity index (χ4v) is 4.46. The topological polar surface area (TPSA) is 38.1 Å². The van der Waals surface area contributed by atoms with Crippen LogP contribution >= 0.6 is 0 Å². The van der Waals surface area contributed by atoms with Crippen LogP contribution in [-0.4, -0.2) is 22.0 Å². The number of amides is 1.